The number of anilines is 1. The van der Waals surface area contributed by atoms with E-state index in [1.165, 1.54) is 4.90 Å². The molecular weight excluding hydrogens is 408 g/mol. The first-order valence-electron chi connectivity index (χ1n) is 10.7. The number of hydrogen-bond donors (Lipinski definition) is 3. The number of piperidine rings is 1. The van der Waals surface area contributed by atoms with Crippen LogP contribution in [0.2, 0.25) is 0 Å². The molecule has 1 atom stereocenters. The second-order valence-electron chi connectivity index (χ2n) is 7.70. The number of carbonyl (C=O) groups excluding carboxylic acids is 1. The average molecular weight is 441 g/mol. The molecule has 1 aliphatic heterocycles. The summed E-state index contributed by atoms with van der Waals surface area (Å²) in [5, 5.41) is 7.21. The lowest BCUT2D eigenvalue weighted by Gasteiger charge is -2.32. The normalized spacial score (nSPS) is 16.1. The number of aliphatic imine (C=N–C) groups is 1. The van der Waals surface area contributed by atoms with Gasteiger partial charge in [-0.15, -0.1) is 11.8 Å². The molecule has 0 radical (unpaired) electrons. The summed E-state index contributed by atoms with van der Waals surface area (Å²) in [5.41, 5.74) is 6.57. The summed E-state index contributed by atoms with van der Waals surface area (Å²) in [6.45, 7) is 5.21. The molecule has 1 amide bonds. The molecule has 0 spiro atoms. The van der Waals surface area contributed by atoms with Crippen molar-refractivity contribution in [2.75, 3.05) is 31.6 Å². The van der Waals surface area contributed by atoms with E-state index in [-0.39, 0.29) is 11.8 Å². The third kappa shape index (κ3) is 6.89. The van der Waals surface area contributed by atoms with Gasteiger partial charge in [0.25, 0.3) is 0 Å². The largest absolute Gasteiger partial charge is 0.369 e. The number of carbonyl (C=O) groups is 1. The second kappa shape index (κ2) is 11.6. The second-order valence-corrected chi connectivity index (χ2v) is 9.21. The molecule has 1 aliphatic rings. The average Bonchev–Trinajstić information content (AvgIpc) is 2.80. The number of amides is 1. The molecule has 1 fully saturated rings. The Morgan fingerprint density at radius 1 is 1.23 bits per heavy atom. The highest BCUT2D eigenvalue weighted by Crippen LogP contribution is 2.24. The summed E-state index contributed by atoms with van der Waals surface area (Å²) >= 11 is 1.84. The van der Waals surface area contributed by atoms with E-state index in [0.717, 1.165) is 49.8 Å². The highest BCUT2D eigenvalue weighted by atomic mass is 32.2. The number of nitrogens with one attached hydrogen (secondary N) is 2. The quantitative estimate of drug-likeness (QED) is 0.332. The van der Waals surface area contributed by atoms with Gasteiger partial charge in [-0.05, 0) is 31.0 Å². The number of rotatable bonds is 8. The monoisotopic (exact) mass is 440 g/mol. The Morgan fingerprint density at radius 3 is 2.65 bits per heavy atom. The highest BCUT2D eigenvalue weighted by molar-refractivity contribution is 8.00. The zero-order chi connectivity index (χ0) is 22.1. The molecule has 1 aromatic heterocycles. The number of hydrogen-bond acceptors (Lipinski definition) is 5. The van der Waals surface area contributed by atoms with Crippen LogP contribution in [0.3, 0.4) is 0 Å². The molecular formula is C23H32N6OS. The van der Waals surface area contributed by atoms with Crippen molar-refractivity contribution in [3.63, 3.8) is 0 Å². The van der Waals surface area contributed by atoms with E-state index in [1.807, 2.05) is 30.1 Å². The van der Waals surface area contributed by atoms with Crippen LogP contribution in [-0.2, 0) is 11.3 Å². The van der Waals surface area contributed by atoms with Gasteiger partial charge in [-0.2, -0.15) is 0 Å². The molecule has 2 aromatic rings. The van der Waals surface area contributed by atoms with Crippen LogP contribution in [0, 0.1) is 5.92 Å². The molecule has 4 N–H and O–H groups in total. The Hall–Kier alpha value is -2.74. The third-order valence-electron chi connectivity index (χ3n) is 5.37. The van der Waals surface area contributed by atoms with Crippen molar-refractivity contribution in [3.8, 4) is 0 Å². The topological polar surface area (TPSA) is 95.6 Å². The first-order valence-corrected chi connectivity index (χ1v) is 11.6. The molecule has 166 valence electrons. The Kier molecular flexibility index (Phi) is 8.58. The summed E-state index contributed by atoms with van der Waals surface area (Å²) in [6, 6.07) is 14.4. The molecule has 1 unspecified atom stereocenters. The molecule has 1 aromatic carbocycles. The van der Waals surface area contributed by atoms with Crippen LogP contribution in [0.25, 0.3) is 0 Å². The van der Waals surface area contributed by atoms with Gasteiger partial charge in [0.15, 0.2) is 5.96 Å². The van der Waals surface area contributed by atoms with E-state index in [4.69, 9.17) is 5.73 Å². The summed E-state index contributed by atoms with van der Waals surface area (Å²) < 4.78 is 0. The number of guanidine groups is 1. The van der Waals surface area contributed by atoms with Crippen molar-refractivity contribution < 1.29 is 4.79 Å². The number of thioether (sulfide) groups is 1. The number of nitrogens with two attached hydrogens (primary N) is 1. The standard InChI is InChI=1S/C23H32N6OS/c1-17(31-20-8-4-3-5-9-20)15-27-23(25-2)28-16-19-7-6-12-26-22(19)29-13-10-18(11-14-29)21(24)30/h3-9,12,17-18H,10-11,13-16H2,1-2H3,(H2,24,30)(H2,25,27,28). The van der Waals surface area contributed by atoms with Crippen LogP contribution >= 0.6 is 11.8 Å². The zero-order valence-electron chi connectivity index (χ0n) is 18.3. The van der Waals surface area contributed by atoms with Crippen molar-refractivity contribution in [1.29, 1.82) is 0 Å². The number of aromatic nitrogens is 1. The number of primary amides is 1. The van der Waals surface area contributed by atoms with Crippen LogP contribution < -0.4 is 21.3 Å². The van der Waals surface area contributed by atoms with E-state index in [9.17, 15) is 4.79 Å². The van der Waals surface area contributed by atoms with Crippen LogP contribution in [0.1, 0.15) is 25.3 Å². The Bertz CT molecular complexity index is 867. The minimum Gasteiger partial charge on any atom is -0.369 e. The fourth-order valence-electron chi connectivity index (χ4n) is 3.64. The van der Waals surface area contributed by atoms with E-state index >= 15 is 0 Å². The SMILES string of the molecule is CN=C(NCc1cccnc1N1CCC(C(N)=O)CC1)NCC(C)Sc1ccccc1. The maximum Gasteiger partial charge on any atom is 0.220 e. The maximum atomic E-state index is 11.4. The predicted octanol–water partition coefficient (Wildman–Crippen LogP) is 2.63. The van der Waals surface area contributed by atoms with Gasteiger partial charge < -0.3 is 21.3 Å². The van der Waals surface area contributed by atoms with Gasteiger partial charge in [0, 0.05) is 61.1 Å². The lowest BCUT2D eigenvalue weighted by molar-refractivity contribution is -0.122. The van der Waals surface area contributed by atoms with E-state index in [0.29, 0.717) is 11.8 Å². The summed E-state index contributed by atoms with van der Waals surface area (Å²) in [5.74, 6) is 1.50. The smallest absolute Gasteiger partial charge is 0.220 e. The Morgan fingerprint density at radius 2 is 1.97 bits per heavy atom. The van der Waals surface area contributed by atoms with Gasteiger partial charge in [0.1, 0.15) is 5.82 Å². The molecule has 0 bridgehead atoms. The zero-order valence-corrected chi connectivity index (χ0v) is 19.1. The molecule has 31 heavy (non-hydrogen) atoms. The van der Waals surface area contributed by atoms with Crippen molar-refractivity contribution >= 4 is 29.4 Å². The molecule has 7 nitrogen and oxygen atoms in total. The van der Waals surface area contributed by atoms with E-state index in [2.05, 4.69) is 62.8 Å². The molecule has 8 heteroatoms. The van der Waals surface area contributed by atoms with Crippen LogP contribution in [-0.4, -0.2) is 48.8 Å². The van der Waals surface area contributed by atoms with Crippen molar-refractivity contribution in [2.45, 2.75) is 36.5 Å². The van der Waals surface area contributed by atoms with Crippen molar-refractivity contribution in [2.24, 2.45) is 16.6 Å². The molecule has 1 saturated heterocycles. The summed E-state index contributed by atoms with van der Waals surface area (Å²) in [6.07, 6.45) is 3.37. The Labute approximate surface area is 188 Å². The van der Waals surface area contributed by atoms with E-state index < -0.39 is 0 Å². The Balaban J connectivity index is 1.51. The first-order chi connectivity index (χ1) is 15.1. The lowest BCUT2D eigenvalue weighted by atomic mass is 9.96. The van der Waals surface area contributed by atoms with Crippen molar-refractivity contribution in [3.05, 3.63) is 54.2 Å². The number of benzene rings is 1. The fraction of sp³-hybridized carbons (Fsp3) is 0.435. The first kappa shape index (κ1) is 22.9. The van der Waals surface area contributed by atoms with Crippen LogP contribution in [0.4, 0.5) is 5.82 Å². The predicted molar refractivity (Wildman–Crippen MR) is 128 cm³/mol. The van der Waals surface area contributed by atoms with Gasteiger partial charge in [0.2, 0.25) is 5.91 Å². The maximum absolute atomic E-state index is 11.4. The molecule has 2 heterocycles. The van der Waals surface area contributed by atoms with Gasteiger partial charge in [-0.1, -0.05) is 31.2 Å². The van der Waals surface area contributed by atoms with Gasteiger partial charge >= 0.3 is 0 Å². The van der Waals surface area contributed by atoms with Gasteiger partial charge in [0.05, 0.1) is 0 Å². The number of pyridine rings is 1. The van der Waals surface area contributed by atoms with Crippen LogP contribution in [0.15, 0.2) is 58.5 Å². The van der Waals surface area contributed by atoms with Gasteiger partial charge in [-0.3, -0.25) is 9.79 Å². The molecule has 3 rings (SSSR count). The lowest BCUT2D eigenvalue weighted by Crippen LogP contribution is -2.41. The number of nitrogens with zero attached hydrogens (tertiary/aromatic N) is 3. The van der Waals surface area contributed by atoms with Crippen LogP contribution in [0.5, 0.6) is 0 Å². The fourth-order valence-corrected chi connectivity index (χ4v) is 4.59. The minimum absolute atomic E-state index is 0.0275. The minimum atomic E-state index is -0.197. The third-order valence-corrected chi connectivity index (χ3v) is 6.49. The summed E-state index contributed by atoms with van der Waals surface area (Å²) in [4.78, 5) is 23.9. The molecule has 0 aliphatic carbocycles. The van der Waals surface area contributed by atoms with Gasteiger partial charge in [-0.25, -0.2) is 4.98 Å². The summed E-state index contributed by atoms with van der Waals surface area (Å²) in [7, 11) is 1.78. The van der Waals surface area contributed by atoms with E-state index in [1.54, 1.807) is 7.05 Å². The highest BCUT2D eigenvalue weighted by Gasteiger charge is 2.25. The van der Waals surface area contributed by atoms with Crippen molar-refractivity contribution in [1.82, 2.24) is 15.6 Å². The molecule has 0 saturated carbocycles.